The third kappa shape index (κ3) is 4.61. The van der Waals surface area contributed by atoms with Crippen molar-refractivity contribution in [1.82, 2.24) is 10.3 Å². The quantitative estimate of drug-likeness (QED) is 0.646. The highest BCUT2D eigenvalue weighted by molar-refractivity contribution is 8.14. The van der Waals surface area contributed by atoms with Crippen molar-refractivity contribution in [3.8, 4) is 11.5 Å². The van der Waals surface area contributed by atoms with Gasteiger partial charge in [0.05, 0.1) is 25.2 Å². The molecule has 0 radical (unpaired) electrons. The largest absolute Gasteiger partial charge is 0.497 e. The van der Waals surface area contributed by atoms with E-state index in [1.54, 1.807) is 47.5 Å². The minimum atomic E-state index is -0.653. The highest BCUT2D eigenvalue weighted by Gasteiger charge is 2.39. The first-order valence-electron chi connectivity index (χ1n) is 10.4. The van der Waals surface area contributed by atoms with Crippen LogP contribution in [-0.4, -0.2) is 47.5 Å². The Morgan fingerprint density at radius 1 is 1.18 bits per heavy atom. The van der Waals surface area contributed by atoms with Gasteiger partial charge in [0.2, 0.25) is 12.1 Å². The van der Waals surface area contributed by atoms with E-state index in [-0.39, 0.29) is 11.8 Å². The summed E-state index contributed by atoms with van der Waals surface area (Å²) >= 11 is 1.30. The van der Waals surface area contributed by atoms with E-state index in [1.165, 1.54) is 18.9 Å². The molecule has 0 aromatic heterocycles. The Morgan fingerprint density at radius 2 is 1.97 bits per heavy atom. The molecule has 2 amide bonds. The number of fused-ring (bicyclic) bond motifs is 1. The Labute approximate surface area is 196 Å². The van der Waals surface area contributed by atoms with Gasteiger partial charge in [0, 0.05) is 24.2 Å². The summed E-state index contributed by atoms with van der Waals surface area (Å²) in [5, 5.41) is 7.38. The zero-order valence-corrected chi connectivity index (χ0v) is 19.3. The monoisotopic (exact) mass is 467 g/mol. The minimum absolute atomic E-state index is 0.150. The summed E-state index contributed by atoms with van der Waals surface area (Å²) in [5.74, 6) is 0.807. The number of carbonyl (C=O) groups is 2. The van der Waals surface area contributed by atoms with Gasteiger partial charge in [-0.25, -0.2) is 0 Å². The molecule has 0 fully saturated rings. The van der Waals surface area contributed by atoms with Crippen molar-refractivity contribution < 1.29 is 19.1 Å². The molecule has 2 aliphatic heterocycles. The van der Waals surface area contributed by atoms with Crippen LogP contribution in [0.25, 0.3) is 0 Å². The first kappa shape index (κ1) is 22.5. The summed E-state index contributed by atoms with van der Waals surface area (Å²) in [7, 11) is 3.10. The number of hydrogen-bond donors (Lipinski definition) is 2. The van der Waals surface area contributed by atoms with Crippen LogP contribution in [0.2, 0.25) is 0 Å². The fourth-order valence-corrected chi connectivity index (χ4v) is 4.45. The maximum absolute atomic E-state index is 13.0. The van der Waals surface area contributed by atoms with Crippen LogP contribution in [0.4, 0.5) is 11.4 Å². The van der Waals surface area contributed by atoms with Gasteiger partial charge in [0.1, 0.15) is 11.5 Å². The third-order valence-electron chi connectivity index (χ3n) is 5.24. The van der Waals surface area contributed by atoms with Gasteiger partial charge in [0.15, 0.2) is 5.17 Å². The zero-order valence-electron chi connectivity index (χ0n) is 18.5. The number of amides is 2. The molecular formula is C23H25N5O4S. The molecule has 10 heteroatoms. The van der Waals surface area contributed by atoms with Crippen molar-refractivity contribution in [1.29, 1.82) is 0 Å². The molecule has 0 spiro atoms. The second kappa shape index (κ2) is 9.86. The van der Waals surface area contributed by atoms with Crippen molar-refractivity contribution >= 4 is 40.1 Å². The molecule has 0 saturated carbocycles. The Bertz CT molecular complexity index is 1090. The molecule has 0 aliphatic carbocycles. The van der Waals surface area contributed by atoms with Gasteiger partial charge in [-0.05, 0) is 30.7 Å². The molecule has 4 rings (SSSR count). The molecule has 9 nitrogen and oxygen atoms in total. The molecule has 2 heterocycles. The van der Waals surface area contributed by atoms with Crippen molar-refractivity contribution in [2.45, 2.75) is 24.8 Å². The summed E-state index contributed by atoms with van der Waals surface area (Å²) in [6.07, 6.45) is 3.42. The van der Waals surface area contributed by atoms with E-state index >= 15 is 0 Å². The van der Waals surface area contributed by atoms with Crippen molar-refractivity contribution in [2.24, 2.45) is 5.10 Å². The highest BCUT2D eigenvalue weighted by atomic mass is 32.2. The Hall–Kier alpha value is -3.66. The standard InChI is InChI=1S/C23H25N5O4S/c1-4-19(21(29)24-17-11-10-16(31-2)14-18(17)32-3)33-23-26-25-20-22(30)27(12-13-28(20)23)15-8-6-5-7-9-15/h5-14,19-20,25H,4H2,1-3H3,(H,24,29). The second-order valence-electron chi connectivity index (χ2n) is 7.25. The predicted molar refractivity (Wildman–Crippen MR) is 129 cm³/mol. The number of nitrogens with zero attached hydrogens (tertiary/aromatic N) is 3. The van der Waals surface area contributed by atoms with Gasteiger partial charge in [-0.15, -0.1) is 0 Å². The molecule has 172 valence electrons. The Morgan fingerprint density at radius 3 is 2.67 bits per heavy atom. The highest BCUT2D eigenvalue weighted by Crippen LogP contribution is 2.32. The van der Waals surface area contributed by atoms with Gasteiger partial charge in [-0.2, -0.15) is 5.10 Å². The van der Waals surface area contributed by atoms with Crippen molar-refractivity contribution in [3.05, 3.63) is 60.9 Å². The average molecular weight is 468 g/mol. The van der Waals surface area contributed by atoms with E-state index in [0.29, 0.717) is 28.8 Å². The molecule has 2 unspecified atom stereocenters. The van der Waals surface area contributed by atoms with Crippen LogP contribution < -0.4 is 25.1 Å². The van der Waals surface area contributed by atoms with Crippen LogP contribution in [0.1, 0.15) is 13.3 Å². The van der Waals surface area contributed by atoms with Crippen LogP contribution in [0.15, 0.2) is 66.0 Å². The Balaban J connectivity index is 1.45. The van der Waals surface area contributed by atoms with Crippen molar-refractivity contribution in [2.75, 3.05) is 24.4 Å². The lowest BCUT2D eigenvalue weighted by atomic mass is 10.2. The molecule has 0 bridgehead atoms. The van der Waals surface area contributed by atoms with Gasteiger partial charge >= 0.3 is 0 Å². The molecule has 2 N–H and O–H groups in total. The maximum Gasteiger partial charge on any atom is 0.276 e. The average Bonchev–Trinajstić information content (AvgIpc) is 3.27. The number of benzene rings is 2. The molecular weight excluding hydrogens is 442 g/mol. The number of hydrogen-bond acceptors (Lipinski definition) is 8. The van der Waals surface area contributed by atoms with Gasteiger partial charge in [-0.1, -0.05) is 36.9 Å². The lowest BCUT2D eigenvalue weighted by molar-refractivity contribution is -0.122. The van der Waals surface area contributed by atoms with E-state index in [4.69, 9.17) is 9.47 Å². The van der Waals surface area contributed by atoms with E-state index < -0.39 is 11.4 Å². The number of carbonyl (C=O) groups excluding carboxylic acids is 2. The number of ether oxygens (including phenoxy) is 2. The number of para-hydroxylation sites is 1. The normalized spacial score (nSPS) is 17.7. The number of rotatable bonds is 7. The predicted octanol–water partition coefficient (Wildman–Crippen LogP) is 3.17. The van der Waals surface area contributed by atoms with Gasteiger partial charge < -0.3 is 14.8 Å². The molecule has 0 saturated heterocycles. The topological polar surface area (TPSA) is 95.5 Å². The lowest BCUT2D eigenvalue weighted by Crippen LogP contribution is -2.52. The first-order valence-corrected chi connectivity index (χ1v) is 11.3. The van der Waals surface area contributed by atoms with E-state index in [1.807, 2.05) is 37.3 Å². The first-order chi connectivity index (χ1) is 16.0. The lowest BCUT2D eigenvalue weighted by Gasteiger charge is -2.32. The van der Waals surface area contributed by atoms with E-state index in [2.05, 4.69) is 15.8 Å². The van der Waals surface area contributed by atoms with Crippen molar-refractivity contribution in [3.63, 3.8) is 0 Å². The number of methoxy groups -OCH3 is 2. The third-order valence-corrected chi connectivity index (χ3v) is 6.59. The van der Waals surface area contributed by atoms with Gasteiger partial charge in [0.25, 0.3) is 5.91 Å². The number of thioether (sulfide) groups is 1. The van der Waals surface area contributed by atoms with Crippen LogP contribution in [0.5, 0.6) is 11.5 Å². The maximum atomic E-state index is 13.0. The number of nitrogens with one attached hydrogen (secondary N) is 2. The summed E-state index contributed by atoms with van der Waals surface area (Å²) in [4.78, 5) is 29.3. The second-order valence-corrected chi connectivity index (χ2v) is 8.42. The molecule has 2 atom stereocenters. The number of anilines is 2. The van der Waals surface area contributed by atoms with Crippen LogP contribution in [0.3, 0.4) is 0 Å². The van der Waals surface area contributed by atoms with Gasteiger partial charge in [-0.3, -0.25) is 24.8 Å². The van der Waals surface area contributed by atoms with E-state index in [9.17, 15) is 9.59 Å². The summed E-state index contributed by atoms with van der Waals surface area (Å²) < 4.78 is 10.6. The van der Waals surface area contributed by atoms with Crippen LogP contribution >= 0.6 is 11.8 Å². The smallest absolute Gasteiger partial charge is 0.276 e. The summed E-state index contributed by atoms with van der Waals surface area (Å²) in [5.41, 5.74) is 4.22. The number of amidine groups is 1. The minimum Gasteiger partial charge on any atom is -0.497 e. The summed E-state index contributed by atoms with van der Waals surface area (Å²) in [6.45, 7) is 1.93. The fourth-order valence-electron chi connectivity index (χ4n) is 3.47. The Kier molecular flexibility index (Phi) is 6.74. The number of hydrazone groups is 1. The van der Waals surface area contributed by atoms with Crippen LogP contribution in [-0.2, 0) is 9.59 Å². The molecule has 2 aliphatic rings. The fraction of sp³-hybridized carbons (Fsp3) is 0.261. The summed E-state index contributed by atoms with van der Waals surface area (Å²) in [6, 6.07) is 14.6. The molecule has 2 aromatic carbocycles. The van der Waals surface area contributed by atoms with E-state index in [0.717, 1.165) is 5.69 Å². The molecule has 33 heavy (non-hydrogen) atoms. The molecule has 2 aromatic rings. The SMILES string of the molecule is CCC(SC1=NNC2C(=O)N(c3ccccc3)C=CN12)C(=O)Nc1ccc(OC)cc1OC. The van der Waals surface area contributed by atoms with Crippen LogP contribution in [0, 0.1) is 0 Å². The zero-order chi connectivity index (χ0) is 23.4.